The summed E-state index contributed by atoms with van der Waals surface area (Å²) in [5, 5.41) is 9.55. The zero-order chi connectivity index (χ0) is 15.9. The summed E-state index contributed by atoms with van der Waals surface area (Å²) < 4.78 is 5.27. The van der Waals surface area contributed by atoms with Crippen molar-refractivity contribution in [1.82, 2.24) is 0 Å². The molecule has 4 heteroatoms. The van der Waals surface area contributed by atoms with Gasteiger partial charge in [-0.3, -0.25) is 9.59 Å². The third kappa shape index (κ3) is 4.06. The summed E-state index contributed by atoms with van der Waals surface area (Å²) in [5.41, 5.74) is -0.549. The molecule has 1 rings (SSSR count). The molecule has 0 saturated carbocycles. The average Bonchev–Trinajstić information content (AvgIpc) is 2.47. The van der Waals surface area contributed by atoms with Crippen LogP contribution in [-0.4, -0.2) is 17.0 Å². The Hall–Kier alpha value is -1.84. The molecule has 0 radical (unpaired) electrons. The van der Waals surface area contributed by atoms with Gasteiger partial charge < -0.3 is 9.84 Å². The van der Waals surface area contributed by atoms with E-state index in [0.29, 0.717) is 25.0 Å². The number of carbonyl (C=O) groups excluding carboxylic acids is 1. The van der Waals surface area contributed by atoms with Crippen molar-refractivity contribution >= 4 is 11.9 Å². The van der Waals surface area contributed by atoms with E-state index in [2.05, 4.69) is 0 Å². The van der Waals surface area contributed by atoms with Gasteiger partial charge in [0, 0.05) is 0 Å². The number of rotatable bonds is 8. The van der Waals surface area contributed by atoms with E-state index in [4.69, 9.17) is 4.74 Å². The minimum absolute atomic E-state index is 0.381. The monoisotopic (exact) mass is 292 g/mol. The van der Waals surface area contributed by atoms with Gasteiger partial charge in [-0.25, -0.2) is 0 Å². The van der Waals surface area contributed by atoms with Gasteiger partial charge in [0.05, 0.1) is 0 Å². The van der Waals surface area contributed by atoms with E-state index in [9.17, 15) is 14.7 Å². The molecule has 0 aliphatic heterocycles. The highest BCUT2D eigenvalue weighted by atomic mass is 16.5. The number of hydrogen-bond acceptors (Lipinski definition) is 3. The van der Waals surface area contributed by atoms with Gasteiger partial charge in [-0.1, -0.05) is 45.4 Å². The minimum atomic E-state index is -1.13. The van der Waals surface area contributed by atoms with Crippen LogP contribution in [0.5, 0.6) is 5.75 Å². The largest absolute Gasteiger partial charge is 0.481 e. The second-order valence-corrected chi connectivity index (χ2v) is 5.32. The van der Waals surface area contributed by atoms with Crippen LogP contribution >= 0.6 is 0 Å². The number of ether oxygens (including phenoxy) is 1. The summed E-state index contributed by atoms with van der Waals surface area (Å²) >= 11 is 0. The first-order valence-corrected chi connectivity index (χ1v) is 7.50. The fourth-order valence-electron chi connectivity index (χ4n) is 2.93. The maximum Gasteiger partial charge on any atom is 0.326 e. The van der Waals surface area contributed by atoms with Crippen molar-refractivity contribution in [3.8, 4) is 5.75 Å². The quantitative estimate of drug-likeness (QED) is 0.448. The smallest absolute Gasteiger partial charge is 0.326 e. The summed E-state index contributed by atoms with van der Waals surface area (Å²) in [4.78, 5) is 24.1. The first kappa shape index (κ1) is 17.2. The number of benzene rings is 1. The lowest BCUT2D eigenvalue weighted by atomic mass is 9.68. The topological polar surface area (TPSA) is 63.6 Å². The van der Waals surface area contributed by atoms with Crippen molar-refractivity contribution in [2.45, 2.75) is 46.5 Å². The molecule has 0 aromatic heterocycles. The molecular formula is C17H24O4. The predicted molar refractivity (Wildman–Crippen MR) is 81.1 cm³/mol. The van der Waals surface area contributed by atoms with Gasteiger partial charge >= 0.3 is 11.9 Å². The molecular weight excluding hydrogens is 268 g/mol. The van der Waals surface area contributed by atoms with Crippen molar-refractivity contribution in [1.29, 1.82) is 0 Å². The number of carbonyl (C=O) groups is 2. The molecule has 1 aromatic rings. The van der Waals surface area contributed by atoms with Crippen LogP contribution in [0.3, 0.4) is 0 Å². The predicted octanol–water partition coefficient (Wildman–Crippen LogP) is 3.90. The number of hydrogen-bond donors (Lipinski definition) is 1. The highest BCUT2D eigenvalue weighted by Gasteiger charge is 2.46. The Morgan fingerprint density at radius 3 is 2.14 bits per heavy atom. The summed E-state index contributed by atoms with van der Waals surface area (Å²) in [6, 6.07) is 8.60. The molecule has 0 spiro atoms. The van der Waals surface area contributed by atoms with E-state index in [-0.39, 0.29) is 0 Å². The lowest BCUT2D eigenvalue weighted by Crippen LogP contribution is -2.42. The van der Waals surface area contributed by atoms with Crippen LogP contribution in [0.25, 0.3) is 0 Å². The Balaban J connectivity index is 3.04. The van der Waals surface area contributed by atoms with Gasteiger partial charge in [0.25, 0.3) is 0 Å². The van der Waals surface area contributed by atoms with Crippen LogP contribution < -0.4 is 4.74 Å². The Morgan fingerprint density at radius 2 is 1.71 bits per heavy atom. The molecule has 0 bridgehead atoms. The minimum Gasteiger partial charge on any atom is -0.481 e. The van der Waals surface area contributed by atoms with Gasteiger partial charge in [0.2, 0.25) is 0 Å². The van der Waals surface area contributed by atoms with Crippen molar-refractivity contribution in [2.24, 2.45) is 11.3 Å². The second-order valence-electron chi connectivity index (χ2n) is 5.32. The van der Waals surface area contributed by atoms with Crippen molar-refractivity contribution in [3.05, 3.63) is 30.3 Å². The number of aliphatic carboxylic acids is 1. The van der Waals surface area contributed by atoms with Crippen LogP contribution in [0, 0.1) is 11.3 Å². The molecule has 0 amide bonds. The molecule has 21 heavy (non-hydrogen) atoms. The summed E-state index contributed by atoms with van der Waals surface area (Å²) in [5.74, 6) is -2.53. The van der Waals surface area contributed by atoms with Crippen LogP contribution in [0.2, 0.25) is 0 Å². The summed E-state index contributed by atoms with van der Waals surface area (Å²) in [7, 11) is 0. The third-order valence-corrected chi connectivity index (χ3v) is 4.21. The second kappa shape index (κ2) is 7.81. The number of esters is 1. The first-order valence-electron chi connectivity index (χ1n) is 7.50. The molecule has 0 saturated heterocycles. The molecule has 0 heterocycles. The normalized spacial score (nSPS) is 12.7. The number of carboxylic acid groups (broad SMARTS) is 1. The van der Waals surface area contributed by atoms with E-state index >= 15 is 0 Å². The highest BCUT2D eigenvalue weighted by molar-refractivity contribution is 5.95. The lowest BCUT2D eigenvalue weighted by molar-refractivity contribution is -0.160. The van der Waals surface area contributed by atoms with E-state index in [1.165, 1.54) is 0 Å². The van der Waals surface area contributed by atoms with Crippen LogP contribution in [0.15, 0.2) is 30.3 Å². The van der Waals surface area contributed by atoms with Gasteiger partial charge in [-0.05, 0) is 36.8 Å². The van der Waals surface area contributed by atoms with Crippen LogP contribution in [0.1, 0.15) is 46.5 Å². The molecule has 0 fully saturated rings. The standard InChI is InChI=1S/C17H24O4/c1-4-12-17(5-2,6-3)14(15(18)19)16(20)21-13-10-8-7-9-11-13/h7-11,14H,4-6,12H2,1-3H3,(H,18,19). The summed E-state index contributed by atoms with van der Waals surface area (Å²) in [6.07, 6.45) is 2.81. The van der Waals surface area contributed by atoms with Crippen LogP contribution in [-0.2, 0) is 9.59 Å². The van der Waals surface area contributed by atoms with Crippen molar-refractivity contribution < 1.29 is 19.4 Å². The Morgan fingerprint density at radius 1 is 1.14 bits per heavy atom. The summed E-state index contributed by atoms with van der Waals surface area (Å²) in [6.45, 7) is 5.87. The van der Waals surface area contributed by atoms with Gasteiger partial charge in [-0.15, -0.1) is 0 Å². The SMILES string of the molecule is CCCC(CC)(CC)C(C(=O)O)C(=O)Oc1ccccc1. The number of carboxylic acids is 1. The highest BCUT2D eigenvalue weighted by Crippen LogP contribution is 2.41. The van der Waals surface area contributed by atoms with E-state index in [0.717, 1.165) is 6.42 Å². The molecule has 1 atom stereocenters. The Kier molecular flexibility index (Phi) is 6.40. The maximum atomic E-state index is 12.4. The molecule has 0 aliphatic carbocycles. The van der Waals surface area contributed by atoms with Gasteiger partial charge in [-0.2, -0.15) is 0 Å². The number of para-hydroxylation sites is 1. The fourth-order valence-corrected chi connectivity index (χ4v) is 2.93. The maximum absolute atomic E-state index is 12.4. The van der Waals surface area contributed by atoms with E-state index in [1.54, 1.807) is 24.3 Å². The third-order valence-electron chi connectivity index (χ3n) is 4.21. The average molecular weight is 292 g/mol. The molecule has 4 nitrogen and oxygen atoms in total. The molecule has 1 N–H and O–H groups in total. The first-order chi connectivity index (χ1) is 10.0. The van der Waals surface area contributed by atoms with Gasteiger partial charge in [0.15, 0.2) is 5.92 Å². The van der Waals surface area contributed by atoms with E-state index < -0.39 is 23.3 Å². The molecule has 116 valence electrons. The molecule has 0 aliphatic rings. The molecule has 1 unspecified atom stereocenters. The van der Waals surface area contributed by atoms with Crippen molar-refractivity contribution in [3.63, 3.8) is 0 Å². The lowest BCUT2D eigenvalue weighted by Gasteiger charge is -2.35. The molecule has 1 aromatic carbocycles. The zero-order valence-corrected chi connectivity index (χ0v) is 13.0. The van der Waals surface area contributed by atoms with Crippen molar-refractivity contribution in [2.75, 3.05) is 0 Å². The zero-order valence-electron chi connectivity index (χ0n) is 13.0. The van der Waals surface area contributed by atoms with Gasteiger partial charge in [0.1, 0.15) is 5.75 Å². The fraction of sp³-hybridized carbons (Fsp3) is 0.529. The van der Waals surface area contributed by atoms with Crippen LogP contribution in [0.4, 0.5) is 0 Å². The Labute approximate surface area is 126 Å². The Bertz CT molecular complexity index is 463. The van der Waals surface area contributed by atoms with E-state index in [1.807, 2.05) is 26.8 Å².